The van der Waals surface area contributed by atoms with Crippen LogP contribution in [-0.4, -0.2) is 32.0 Å². The molecule has 0 bridgehead atoms. The standard InChI is InChI=1S/C20H25N3O3/c1-13-9-14(2)20(15(3)10-13)23-19(25)12-22-18(24)11-21-16-7-5-6-8-17(16)26-4/h5-10,21H,11-12H2,1-4H3,(H,22,24)(H,23,25). The van der Waals surface area contributed by atoms with Crippen LogP contribution >= 0.6 is 0 Å². The zero-order valence-electron chi connectivity index (χ0n) is 15.6. The smallest absolute Gasteiger partial charge is 0.243 e. The summed E-state index contributed by atoms with van der Waals surface area (Å²) in [5, 5.41) is 8.46. The van der Waals surface area contributed by atoms with Crippen LogP contribution in [0.3, 0.4) is 0 Å². The largest absolute Gasteiger partial charge is 0.495 e. The van der Waals surface area contributed by atoms with Gasteiger partial charge in [0.1, 0.15) is 5.75 Å². The number of hydrogen-bond donors (Lipinski definition) is 3. The van der Waals surface area contributed by atoms with Gasteiger partial charge >= 0.3 is 0 Å². The van der Waals surface area contributed by atoms with E-state index in [1.165, 1.54) is 0 Å². The molecule has 0 atom stereocenters. The fourth-order valence-electron chi connectivity index (χ4n) is 2.77. The second-order valence-corrected chi connectivity index (χ2v) is 6.15. The van der Waals surface area contributed by atoms with Crippen molar-refractivity contribution in [1.82, 2.24) is 5.32 Å². The summed E-state index contributed by atoms with van der Waals surface area (Å²) >= 11 is 0. The highest BCUT2D eigenvalue weighted by atomic mass is 16.5. The molecule has 0 heterocycles. The van der Waals surface area contributed by atoms with Crippen molar-refractivity contribution < 1.29 is 14.3 Å². The summed E-state index contributed by atoms with van der Waals surface area (Å²) in [4.78, 5) is 24.1. The molecule has 0 aliphatic heterocycles. The van der Waals surface area contributed by atoms with Crippen molar-refractivity contribution in [3.05, 3.63) is 53.1 Å². The summed E-state index contributed by atoms with van der Waals surface area (Å²) in [6, 6.07) is 11.4. The number of amides is 2. The quantitative estimate of drug-likeness (QED) is 0.713. The number of para-hydroxylation sites is 2. The minimum atomic E-state index is -0.275. The Kier molecular flexibility index (Phi) is 6.60. The average molecular weight is 355 g/mol. The van der Waals surface area contributed by atoms with Crippen molar-refractivity contribution in [2.45, 2.75) is 20.8 Å². The molecule has 6 nitrogen and oxygen atoms in total. The van der Waals surface area contributed by atoms with Gasteiger partial charge in [0.05, 0.1) is 25.9 Å². The van der Waals surface area contributed by atoms with Crippen LogP contribution in [-0.2, 0) is 9.59 Å². The Morgan fingerprint density at radius 2 is 1.62 bits per heavy atom. The lowest BCUT2D eigenvalue weighted by Gasteiger charge is -2.14. The Hall–Kier alpha value is -3.02. The van der Waals surface area contributed by atoms with Crippen LogP contribution in [0, 0.1) is 20.8 Å². The van der Waals surface area contributed by atoms with E-state index in [9.17, 15) is 9.59 Å². The molecule has 2 rings (SSSR count). The Morgan fingerprint density at radius 3 is 2.27 bits per heavy atom. The lowest BCUT2D eigenvalue weighted by Crippen LogP contribution is -2.36. The normalized spacial score (nSPS) is 10.2. The molecule has 0 fully saturated rings. The van der Waals surface area contributed by atoms with Gasteiger partial charge in [-0.1, -0.05) is 29.8 Å². The second-order valence-electron chi connectivity index (χ2n) is 6.15. The van der Waals surface area contributed by atoms with Crippen molar-refractivity contribution in [3.63, 3.8) is 0 Å². The SMILES string of the molecule is COc1ccccc1NCC(=O)NCC(=O)Nc1c(C)cc(C)cc1C. The number of hydrogen-bond acceptors (Lipinski definition) is 4. The molecule has 2 aromatic carbocycles. The van der Waals surface area contributed by atoms with Gasteiger partial charge in [-0.3, -0.25) is 9.59 Å². The number of carbonyl (C=O) groups is 2. The summed E-state index contributed by atoms with van der Waals surface area (Å²) in [5.74, 6) is 0.123. The van der Waals surface area contributed by atoms with E-state index in [4.69, 9.17) is 4.74 Å². The average Bonchev–Trinajstić information content (AvgIpc) is 2.61. The first kappa shape index (κ1) is 19.3. The van der Waals surface area contributed by atoms with Gasteiger partial charge < -0.3 is 20.7 Å². The van der Waals surface area contributed by atoms with E-state index < -0.39 is 0 Å². The number of benzene rings is 2. The minimum Gasteiger partial charge on any atom is -0.495 e. The van der Waals surface area contributed by atoms with E-state index in [0.29, 0.717) is 5.75 Å². The number of rotatable bonds is 7. The van der Waals surface area contributed by atoms with E-state index in [-0.39, 0.29) is 24.9 Å². The zero-order chi connectivity index (χ0) is 19.1. The summed E-state index contributed by atoms with van der Waals surface area (Å²) in [6.45, 7) is 5.88. The number of methoxy groups -OCH3 is 1. The van der Waals surface area contributed by atoms with Crippen molar-refractivity contribution in [1.29, 1.82) is 0 Å². The highest BCUT2D eigenvalue weighted by molar-refractivity contribution is 5.96. The van der Waals surface area contributed by atoms with Gasteiger partial charge in [0, 0.05) is 5.69 Å². The van der Waals surface area contributed by atoms with E-state index >= 15 is 0 Å². The van der Waals surface area contributed by atoms with Gasteiger partial charge in [-0.2, -0.15) is 0 Å². The Labute approximate surface area is 153 Å². The molecule has 0 radical (unpaired) electrons. The number of ether oxygens (including phenoxy) is 1. The van der Waals surface area contributed by atoms with Crippen LogP contribution in [0.2, 0.25) is 0 Å². The van der Waals surface area contributed by atoms with Crippen LogP contribution in [0.25, 0.3) is 0 Å². The summed E-state index contributed by atoms with van der Waals surface area (Å²) < 4.78 is 5.21. The molecule has 0 unspecified atom stereocenters. The first-order chi connectivity index (χ1) is 12.4. The fraction of sp³-hybridized carbons (Fsp3) is 0.300. The topological polar surface area (TPSA) is 79.5 Å². The number of nitrogens with one attached hydrogen (secondary N) is 3. The highest BCUT2D eigenvalue weighted by Crippen LogP contribution is 2.23. The van der Waals surface area contributed by atoms with Crippen LogP contribution < -0.4 is 20.7 Å². The van der Waals surface area contributed by atoms with E-state index in [1.807, 2.05) is 51.1 Å². The highest BCUT2D eigenvalue weighted by Gasteiger charge is 2.10. The fourth-order valence-corrected chi connectivity index (χ4v) is 2.77. The lowest BCUT2D eigenvalue weighted by molar-refractivity contribution is -0.122. The predicted molar refractivity (Wildman–Crippen MR) is 104 cm³/mol. The molecule has 0 aliphatic carbocycles. The maximum atomic E-state index is 12.1. The first-order valence-corrected chi connectivity index (χ1v) is 8.42. The molecule has 0 spiro atoms. The third kappa shape index (κ3) is 5.24. The summed E-state index contributed by atoms with van der Waals surface area (Å²) in [5.41, 5.74) is 4.66. The zero-order valence-corrected chi connectivity index (χ0v) is 15.6. The maximum Gasteiger partial charge on any atom is 0.243 e. The molecular formula is C20H25N3O3. The van der Waals surface area contributed by atoms with Gasteiger partial charge in [0.2, 0.25) is 11.8 Å². The molecular weight excluding hydrogens is 330 g/mol. The molecule has 0 aliphatic rings. The molecule has 0 saturated carbocycles. The van der Waals surface area contributed by atoms with Crippen molar-refractivity contribution in [3.8, 4) is 5.75 Å². The first-order valence-electron chi connectivity index (χ1n) is 8.42. The molecule has 0 saturated heterocycles. The van der Waals surface area contributed by atoms with E-state index in [2.05, 4.69) is 16.0 Å². The summed E-state index contributed by atoms with van der Waals surface area (Å²) in [7, 11) is 1.57. The number of carbonyl (C=O) groups excluding carboxylic acids is 2. The van der Waals surface area contributed by atoms with Gasteiger partial charge in [0.15, 0.2) is 0 Å². The van der Waals surface area contributed by atoms with Crippen molar-refractivity contribution in [2.24, 2.45) is 0 Å². The molecule has 26 heavy (non-hydrogen) atoms. The Morgan fingerprint density at radius 1 is 0.962 bits per heavy atom. The van der Waals surface area contributed by atoms with Gasteiger partial charge in [-0.15, -0.1) is 0 Å². The van der Waals surface area contributed by atoms with Crippen LogP contribution in [0.4, 0.5) is 11.4 Å². The van der Waals surface area contributed by atoms with Gasteiger partial charge in [0.25, 0.3) is 0 Å². The van der Waals surface area contributed by atoms with Crippen molar-refractivity contribution in [2.75, 3.05) is 30.8 Å². The molecule has 2 amide bonds. The molecule has 138 valence electrons. The molecule has 0 aromatic heterocycles. The third-order valence-electron chi connectivity index (χ3n) is 3.93. The minimum absolute atomic E-state index is 0.0518. The summed E-state index contributed by atoms with van der Waals surface area (Å²) in [6.07, 6.45) is 0. The van der Waals surface area contributed by atoms with Crippen molar-refractivity contribution >= 4 is 23.2 Å². The van der Waals surface area contributed by atoms with Crippen LogP contribution in [0.15, 0.2) is 36.4 Å². The second kappa shape index (κ2) is 8.89. The lowest BCUT2D eigenvalue weighted by atomic mass is 10.1. The monoisotopic (exact) mass is 355 g/mol. The van der Waals surface area contributed by atoms with E-state index in [1.54, 1.807) is 13.2 Å². The van der Waals surface area contributed by atoms with Crippen LogP contribution in [0.5, 0.6) is 5.75 Å². The number of anilines is 2. The number of aryl methyl sites for hydroxylation is 3. The van der Waals surface area contributed by atoms with E-state index in [0.717, 1.165) is 28.1 Å². The maximum absolute atomic E-state index is 12.1. The third-order valence-corrected chi connectivity index (χ3v) is 3.93. The Bertz CT molecular complexity index is 780. The van der Waals surface area contributed by atoms with Crippen LogP contribution in [0.1, 0.15) is 16.7 Å². The molecule has 2 aromatic rings. The van der Waals surface area contributed by atoms with Gasteiger partial charge in [-0.05, 0) is 44.0 Å². The van der Waals surface area contributed by atoms with Gasteiger partial charge in [-0.25, -0.2) is 0 Å². The molecule has 3 N–H and O–H groups in total. The molecule has 6 heteroatoms. The predicted octanol–water partition coefficient (Wildman–Crippen LogP) is 2.79. The Balaban J connectivity index is 1.83.